The maximum absolute atomic E-state index is 13.6. The lowest BCUT2D eigenvalue weighted by Gasteiger charge is -2.31. The number of para-hydroxylation sites is 1. The van der Waals surface area contributed by atoms with E-state index in [9.17, 15) is 14.4 Å². The van der Waals surface area contributed by atoms with Gasteiger partial charge in [0.25, 0.3) is 0 Å². The predicted molar refractivity (Wildman–Crippen MR) is 121 cm³/mol. The molecule has 0 saturated heterocycles. The van der Waals surface area contributed by atoms with Gasteiger partial charge in [0.15, 0.2) is 17.0 Å². The van der Waals surface area contributed by atoms with E-state index in [0.29, 0.717) is 45.8 Å². The molecule has 2 heterocycles. The highest BCUT2D eigenvalue weighted by Crippen LogP contribution is 2.42. The summed E-state index contributed by atoms with van der Waals surface area (Å²) in [5.74, 6) is 0.319. The van der Waals surface area contributed by atoms with Crippen LogP contribution in [0.25, 0.3) is 11.0 Å². The summed E-state index contributed by atoms with van der Waals surface area (Å²) in [6.07, 6.45) is 4.98. The molecule has 0 spiro atoms. The van der Waals surface area contributed by atoms with Crippen molar-refractivity contribution in [2.24, 2.45) is 5.92 Å². The fourth-order valence-electron chi connectivity index (χ4n) is 5.27. The number of aryl methyl sites for hydroxylation is 1. The van der Waals surface area contributed by atoms with Crippen molar-refractivity contribution >= 4 is 22.5 Å². The molecule has 1 aliphatic carbocycles. The second-order valence-corrected chi connectivity index (χ2v) is 8.91. The third-order valence-electron chi connectivity index (χ3n) is 6.61. The zero-order chi connectivity index (χ0) is 22.3. The quantitative estimate of drug-likeness (QED) is 0.732. The highest BCUT2D eigenvalue weighted by Gasteiger charge is 2.37. The van der Waals surface area contributed by atoms with E-state index in [2.05, 4.69) is 5.32 Å². The number of Topliss-reactive ketones (excluding diaryl/α,β-unsaturated/α-hetero) is 2. The Morgan fingerprint density at radius 3 is 2.42 bits per heavy atom. The molecule has 162 valence electrons. The van der Waals surface area contributed by atoms with Crippen LogP contribution in [0.2, 0.25) is 0 Å². The smallest absolute Gasteiger partial charge is 0.192 e. The average Bonchev–Trinajstić information content (AvgIpc) is 3.19. The van der Waals surface area contributed by atoms with Crippen LogP contribution >= 0.6 is 0 Å². The number of fused-ring (bicyclic) bond motifs is 1. The van der Waals surface area contributed by atoms with Crippen LogP contribution in [0.5, 0.6) is 0 Å². The molecule has 5 heteroatoms. The number of hydrogen-bond donors (Lipinski definition) is 1. The van der Waals surface area contributed by atoms with Gasteiger partial charge in [-0.1, -0.05) is 37.8 Å². The minimum absolute atomic E-state index is 0.0696. The Kier molecular flexibility index (Phi) is 5.69. The van der Waals surface area contributed by atoms with E-state index in [1.54, 1.807) is 19.1 Å². The van der Waals surface area contributed by atoms with Gasteiger partial charge in [0.2, 0.25) is 0 Å². The van der Waals surface area contributed by atoms with Crippen molar-refractivity contribution in [1.82, 2.24) is 5.32 Å². The van der Waals surface area contributed by atoms with Gasteiger partial charge in [0, 0.05) is 46.5 Å². The molecule has 0 amide bonds. The van der Waals surface area contributed by atoms with Crippen molar-refractivity contribution in [2.45, 2.75) is 65.7 Å². The maximum Gasteiger partial charge on any atom is 0.192 e. The second kappa shape index (κ2) is 8.29. The van der Waals surface area contributed by atoms with Crippen LogP contribution in [-0.2, 0) is 9.59 Å². The lowest BCUT2D eigenvalue weighted by Crippen LogP contribution is -2.31. The summed E-state index contributed by atoms with van der Waals surface area (Å²) in [6, 6.07) is 6.86. The van der Waals surface area contributed by atoms with Gasteiger partial charge in [-0.25, -0.2) is 0 Å². The predicted octanol–water partition coefficient (Wildman–Crippen LogP) is 5.07. The van der Waals surface area contributed by atoms with Crippen LogP contribution in [0.3, 0.4) is 0 Å². The van der Waals surface area contributed by atoms with E-state index in [4.69, 9.17) is 4.42 Å². The number of ketones is 2. The summed E-state index contributed by atoms with van der Waals surface area (Å²) in [5.41, 5.74) is 3.68. The third-order valence-corrected chi connectivity index (χ3v) is 6.61. The minimum atomic E-state index is -0.554. The monoisotopic (exact) mass is 419 g/mol. The van der Waals surface area contributed by atoms with Gasteiger partial charge in [-0.2, -0.15) is 0 Å². The molecular weight excluding hydrogens is 390 g/mol. The van der Waals surface area contributed by atoms with E-state index in [-0.39, 0.29) is 17.0 Å². The topological polar surface area (TPSA) is 76.4 Å². The molecule has 1 fully saturated rings. The Bertz CT molecular complexity index is 1190. The number of benzene rings is 1. The minimum Gasteiger partial charge on any atom is -0.461 e. The van der Waals surface area contributed by atoms with Crippen molar-refractivity contribution in [3.8, 4) is 0 Å². The van der Waals surface area contributed by atoms with Gasteiger partial charge in [-0.15, -0.1) is 0 Å². The van der Waals surface area contributed by atoms with Gasteiger partial charge in [0.1, 0.15) is 11.3 Å². The molecule has 1 atom stereocenters. The van der Waals surface area contributed by atoms with Gasteiger partial charge < -0.3 is 9.73 Å². The standard InChI is InChI=1S/C26H29NO4/c1-14-12-21(29)19-10-7-11-20(26(19)31-14)25-23(17(4)28)15(2)27-16(3)24(25)22(30)13-18-8-5-6-9-18/h7,10-12,18,25,27H,5-6,8-9,13H2,1-4H3. The Labute approximate surface area is 182 Å². The van der Waals surface area contributed by atoms with Crippen LogP contribution < -0.4 is 10.7 Å². The molecule has 1 aromatic heterocycles. The van der Waals surface area contributed by atoms with Crippen LogP contribution in [0.15, 0.2) is 56.0 Å². The van der Waals surface area contributed by atoms with Gasteiger partial charge >= 0.3 is 0 Å². The first-order chi connectivity index (χ1) is 14.8. The van der Waals surface area contributed by atoms with Crippen molar-refractivity contribution in [3.63, 3.8) is 0 Å². The number of nitrogens with one attached hydrogen (secondary N) is 1. The van der Waals surface area contributed by atoms with Crippen molar-refractivity contribution in [3.05, 3.63) is 68.4 Å². The number of carbonyl (C=O) groups excluding carboxylic acids is 2. The van der Waals surface area contributed by atoms with Crippen LogP contribution in [0, 0.1) is 12.8 Å². The largest absolute Gasteiger partial charge is 0.461 e. The Morgan fingerprint density at radius 1 is 1.06 bits per heavy atom. The molecule has 0 radical (unpaired) electrons. The zero-order valence-electron chi connectivity index (χ0n) is 18.6. The zero-order valence-corrected chi connectivity index (χ0v) is 18.6. The molecule has 4 rings (SSSR count). The molecule has 1 saturated carbocycles. The van der Waals surface area contributed by atoms with Crippen LogP contribution in [0.4, 0.5) is 0 Å². The third kappa shape index (κ3) is 3.89. The first-order valence-corrected chi connectivity index (χ1v) is 11.0. The Morgan fingerprint density at radius 2 is 1.74 bits per heavy atom. The highest BCUT2D eigenvalue weighted by atomic mass is 16.3. The Balaban J connectivity index is 1.93. The second-order valence-electron chi connectivity index (χ2n) is 8.91. The fourth-order valence-corrected chi connectivity index (χ4v) is 5.27. The molecule has 2 aliphatic rings. The number of carbonyl (C=O) groups is 2. The summed E-state index contributed by atoms with van der Waals surface area (Å²) in [7, 11) is 0. The van der Waals surface area contributed by atoms with Crippen LogP contribution in [0.1, 0.15) is 70.1 Å². The molecule has 1 aromatic carbocycles. The molecular formula is C26H29NO4. The van der Waals surface area contributed by atoms with Crippen molar-refractivity contribution in [1.29, 1.82) is 0 Å². The van der Waals surface area contributed by atoms with E-state index >= 15 is 0 Å². The first kappa shape index (κ1) is 21.3. The Hall–Kier alpha value is -2.95. The summed E-state index contributed by atoms with van der Waals surface area (Å²) in [6.45, 7) is 7.01. The number of allylic oxidation sites excluding steroid dienone is 4. The average molecular weight is 420 g/mol. The first-order valence-electron chi connectivity index (χ1n) is 11.0. The van der Waals surface area contributed by atoms with E-state index in [1.165, 1.54) is 25.8 Å². The molecule has 2 aromatic rings. The molecule has 1 N–H and O–H groups in total. The highest BCUT2D eigenvalue weighted by molar-refractivity contribution is 6.05. The van der Waals surface area contributed by atoms with Gasteiger partial charge in [0.05, 0.1) is 5.39 Å². The summed E-state index contributed by atoms with van der Waals surface area (Å²) in [5, 5.41) is 3.72. The maximum atomic E-state index is 13.6. The summed E-state index contributed by atoms with van der Waals surface area (Å²) in [4.78, 5) is 38.9. The van der Waals surface area contributed by atoms with Gasteiger partial charge in [-0.05, 0) is 39.7 Å². The normalized spacial score (nSPS) is 19.8. The van der Waals surface area contributed by atoms with Crippen LogP contribution in [-0.4, -0.2) is 11.6 Å². The molecule has 31 heavy (non-hydrogen) atoms. The number of hydrogen-bond acceptors (Lipinski definition) is 5. The van der Waals surface area contributed by atoms with E-state index in [1.807, 2.05) is 19.9 Å². The van der Waals surface area contributed by atoms with Crippen molar-refractivity contribution < 1.29 is 14.0 Å². The lowest BCUT2D eigenvalue weighted by molar-refractivity contribution is -0.116. The van der Waals surface area contributed by atoms with Gasteiger partial charge in [-0.3, -0.25) is 14.4 Å². The molecule has 0 bridgehead atoms. The molecule has 1 aliphatic heterocycles. The van der Waals surface area contributed by atoms with Crippen molar-refractivity contribution in [2.75, 3.05) is 0 Å². The number of rotatable bonds is 5. The van der Waals surface area contributed by atoms with E-state index < -0.39 is 5.92 Å². The van der Waals surface area contributed by atoms with E-state index in [0.717, 1.165) is 24.2 Å². The molecule has 1 unspecified atom stereocenters. The summed E-state index contributed by atoms with van der Waals surface area (Å²) >= 11 is 0. The number of dihydropyridines is 1. The summed E-state index contributed by atoms with van der Waals surface area (Å²) < 4.78 is 6.00. The SMILES string of the molecule is CC(=O)C1=C(C)NC(C)=C(C(=O)CC2CCCC2)C1c1cccc2c(=O)cc(C)oc12. The molecule has 5 nitrogen and oxygen atoms in total. The lowest BCUT2D eigenvalue weighted by atomic mass is 9.75. The fraction of sp³-hybridized carbons (Fsp3) is 0.423.